The van der Waals surface area contributed by atoms with Crippen molar-refractivity contribution in [1.29, 1.82) is 0 Å². The lowest BCUT2D eigenvalue weighted by Crippen LogP contribution is -2.19. The summed E-state index contributed by atoms with van der Waals surface area (Å²) in [6.45, 7) is 6.33. The molecule has 0 aliphatic carbocycles. The third-order valence-corrected chi connectivity index (χ3v) is 2.82. The fourth-order valence-corrected chi connectivity index (χ4v) is 1.56. The first-order valence-corrected chi connectivity index (χ1v) is 5.26. The minimum absolute atomic E-state index is 0.0149. The van der Waals surface area contributed by atoms with Crippen molar-refractivity contribution in [3.63, 3.8) is 0 Å². The van der Waals surface area contributed by atoms with Gasteiger partial charge in [-0.2, -0.15) is 0 Å². The summed E-state index contributed by atoms with van der Waals surface area (Å²) in [5.41, 5.74) is 0.0149. The maximum Gasteiger partial charge on any atom is 0.303 e. The minimum atomic E-state index is -0.666. The smallest absolute Gasteiger partial charge is 0.303 e. The molecule has 0 amide bonds. The molecule has 0 spiro atoms. The molecule has 0 heterocycles. The molecule has 0 rings (SSSR count). The number of hydrogen-bond acceptors (Lipinski definition) is 1. The van der Waals surface area contributed by atoms with Crippen LogP contribution in [0.25, 0.3) is 0 Å². The Morgan fingerprint density at radius 2 is 1.92 bits per heavy atom. The number of carbonyl (C=O) groups is 1. The Balaban J connectivity index is 3.88. The highest BCUT2D eigenvalue weighted by atomic mass is 16.4. The highest BCUT2D eigenvalue weighted by molar-refractivity contribution is 5.67. The van der Waals surface area contributed by atoms with E-state index in [9.17, 15) is 4.79 Å². The van der Waals surface area contributed by atoms with Crippen LogP contribution in [0, 0.1) is 5.41 Å². The number of rotatable bonds is 7. The van der Waals surface area contributed by atoms with Crippen molar-refractivity contribution in [2.24, 2.45) is 5.41 Å². The molecule has 1 atom stereocenters. The van der Waals surface area contributed by atoms with E-state index in [4.69, 9.17) is 5.11 Å². The van der Waals surface area contributed by atoms with Crippen molar-refractivity contribution in [2.45, 2.75) is 59.3 Å². The predicted molar refractivity (Wildman–Crippen MR) is 54.8 cm³/mol. The molecule has 0 saturated heterocycles. The zero-order chi connectivity index (χ0) is 10.3. The Hall–Kier alpha value is -0.530. The second kappa shape index (κ2) is 6.01. The summed E-state index contributed by atoms with van der Waals surface area (Å²) in [6.07, 6.45) is 5.90. The normalized spacial score (nSPS) is 15.3. The molecule has 2 nitrogen and oxygen atoms in total. The summed E-state index contributed by atoms with van der Waals surface area (Å²) in [5, 5.41) is 8.74. The van der Waals surface area contributed by atoms with Crippen molar-refractivity contribution in [3.05, 3.63) is 0 Å². The van der Waals surface area contributed by atoms with Crippen molar-refractivity contribution >= 4 is 5.97 Å². The van der Waals surface area contributed by atoms with Crippen LogP contribution in [0.4, 0.5) is 0 Å². The molecular weight excluding hydrogens is 164 g/mol. The van der Waals surface area contributed by atoms with Gasteiger partial charge in [-0.3, -0.25) is 4.79 Å². The fourth-order valence-electron chi connectivity index (χ4n) is 1.56. The molecular formula is C11H22O2. The third kappa shape index (κ3) is 5.67. The van der Waals surface area contributed by atoms with Crippen LogP contribution in [0.15, 0.2) is 0 Å². The molecule has 0 bridgehead atoms. The van der Waals surface area contributed by atoms with E-state index < -0.39 is 5.97 Å². The Morgan fingerprint density at radius 1 is 1.31 bits per heavy atom. The average Bonchev–Trinajstić information content (AvgIpc) is 2.04. The third-order valence-electron chi connectivity index (χ3n) is 2.82. The van der Waals surface area contributed by atoms with Gasteiger partial charge in [0.2, 0.25) is 0 Å². The molecule has 0 aromatic carbocycles. The quantitative estimate of drug-likeness (QED) is 0.618. The summed E-state index contributed by atoms with van der Waals surface area (Å²) in [5.74, 6) is -0.666. The van der Waals surface area contributed by atoms with Crippen LogP contribution in [-0.2, 0) is 4.79 Å². The summed E-state index contributed by atoms with van der Waals surface area (Å²) in [7, 11) is 0. The number of aliphatic carboxylic acids is 1. The van der Waals surface area contributed by atoms with E-state index >= 15 is 0 Å². The molecule has 0 aliphatic heterocycles. The van der Waals surface area contributed by atoms with Crippen LogP contribution in [0.3, 0.4) is 0 Å². The van der Waals surface area contributed by atoms with E-state index in [1.54, 1.807) is 0 Å². The van der Waals surface area contributed by atoms with Gasteiger partial charge in [0.15, 0.2) is 0 Å². The second-order valence-corrected chi connectivity index (χ2v) is 4.19. The Morgan fingerprint density at radius 3 is 2.31 bits per heavy atom. The number of unbranched alkanes of at least 4 members (excludes halogenated alkanes) is 2. The molecule has 0 aliphatic rings. The number of carboxylic acids is 1. The van der Waals surface area contributed by atoms with Gasteiger partial charge in [0.1, 0.15) is 0 Å². The number of hydrogen-bond donors (Lipinski definition) is 1. The summed E-state index contributed by atoms with van der Waals surface area (Å²) >= 11 is 0. The number of carboxylic acid groups (broad SMARTS) is 1. The van der Waals surface area contributed by atoms with Gasteiger partial charge in [0, 0.05) is 0 Å². The van der Waals surface area contributed by atoms with Crippen molar-refractivity contribution in [3.8, 4) is 0 Å². The van der Waals surface area contributed by atoms with E-state index in [1.807, 2.05) is 0 Å². The molecule has 2 heteroatoms. The van der Waals surface area contributed by atoms with Crippen LogP contribution >= 0.6 is 0 Å². The first-order valence-electron chi connectivity index (χ1n) is 5.26. The molecule has 1 unspecified atom stereocenters. The first kappa shape index (κ1) is 12.5. The van der Waals surface area contributed by atoms with Gasteiger partial charge in [-0.15, -0.1) is 0 Å². The lowest BCUT2D eigenvalue weighted by atomic mass is 9.79. The molecule has 0 fully saturated rings. The van der Waals surface area contributed by atoms with Crippen molar-refractivity contribution in [2.75, 3.05) is 0 Å². The van der Waals surface area contributed by atoms with E-state index in [1.165, 1.54) is 12.8 Å². The van der Waals surface area contributed by atoms with Crippen molar-refractivity contribution < 1.29 is 9.90 Å². The summed E-state index contributed by atoms with van der Waals surface area (Å²) in [4.78, 5) is 10.6. The van der Waals surface area contributed by atoms with Gasteiger partial charge < -0.3 is 5.11 Å². The lowest BCUT2D eigenvalue weighted by molar-refractivity contribution is -0.139. The molecule has 1 N–H and O–H groups in total. The molecule has 0 aromatic heterocycles. The van der Waals surface area contributed by atoms with E-state index in [0.717, 1.165) is 19.3 Å². The van der Waals surface area contributed by atoms with Gasteiger partial charge in [-0.25, -0.2) is 0 Å². The van der Waals surface area contributed by atoms with E-state index in [2.05, 4.69) is 20.8 Å². The zero-order valence-electron chi connectivity index (χ0n) is 9.10. The van der Waals surface area contributed by atoms with Crippen LogP contribution in [-0.4, -0.2) is 11.1 Å². The lowest BCUT2D eigenvalue weighted by Gasteiger charge is -2.26. The monoisotopic (exact) mass is 186 g/mol. The van der Waals surface area contributed by atoms with Crippen LogP contribution in [0.2, 0.25) is 0 Å². The maximum absolute atomic E-state index is 10.6. The minimum Gasteiger partial charge on any atom is -0.481 e. The summed E-state index contributed by atoms with van der Waals surface area (Å²) < 4.78 is 0. The fraction of sp³-hybridized carbons (Fsp3) is 0.909. The van der Waals surface area contributed by atoms with Crippen LogP contribution in [0.5, 0.6) is 0 Å². The Kier molecular flexibility index (Phi) is 5.76. The molecule has 0 radical (unpaired) electrons. The van der Waals surface area contributed by atoms with Crippen molar-refractivity contribution in [1.82, 2.24) is 0 Å². The highest BCUT2D eigenvalue weighted by Crippen LogP contribution is 2.32. The molecule has 0 aromatic rings. The Labute approximate surface area is 81.3 Å². The SMILES string of the molecule is CCCCCC(C)(CC)CC(=O)O. The van der Waals surface area contributed by atoms with Gasteiger partial charge in [0.05, 0.1) is 6.42 Å². The van der Waals surface area contributed by atoms with Crippen LogP contribution in [0.1, 0.15) is 59.3 Å². The second-order valence-electron chi connectivity index (χ2n) is 4.19. The molecule has 78 valence electrons. The maximum atomic E-state index is 10.6. The standard InChI is InChI=1S/C11H22O2/c1-4-6-7-8-11(3,5-2)9-10(12)13/h4-9H2,1-3H3,(H,12,13). The van der Waals surface area contributed by atoms with E-state index in [-0.39, 0.29) is 5.41 Å². The topological polar surface area (TPSA) is 37.3 Å². The average molecular weight is 186 g/mol. The first-order chi connectivity index (χ1) is 6.04. The highest BCUT2D eigenvalue weighted by Gasteiger charge is 2.24. The van der Waals surface area contributed by atoms with Gasteiger partial charge in [-0.05, 0) is 11.8 Å². The molecule has 13 heavy (non-hydrogen) atoms. The molecule has 0 saturated carbocycles. The van der Waals surface area contributed by atoms with E-state index in [0.29, 0.717) is 6.42 Å². The largest absolute Gasteiger partial charge is 0.481 e. The van der Waals surface area contributed by atoms with Gasteiger partial charge >= 0.3 is 5.97 Å². The van der Waals surface area contributed by atoms with Crippen LogP contribution < -0.4 is 0 Å². The van der Waals surface area contributed by atoms with Gasteiger partial charge in [-0.1, -0.05) is 46.5 Å². The summed E-state index contributed by atoms with van der Waals surface area (Å²) in [6, 6.07) is 0. The zero-order valence-corrected chi connectivity index (χ0v) is 9.10. The van der Waals surface area contributed by atoms with Gasteiger partial charge in [0.25, 0.3) is 0 Å². The Bertz CT molecular complexity index is 154. The predicted octanol–water partition coefficient (Wildman–Crippen LogP) is 3.46.